The minimum atomic E-state index is 0.677. The molecule has 0 saturated heterocycles. The van der Waals surface area contributed by atoms with Crippen molar-refractivity contribution in [1.29, 1.82) is 0 Å². The largest absolute Gasteiger partial charge is 0.310 e. The molecule has 1 saturated carbocycles. The number of rotatable bonds is 5. The van der Waals surface area contributed by atoms with Crippen molar-refractivity contribution in [2.45, 2.75) is 58.0 Å². The summed E-state index contributed by atoms with van der Waals surface area (Å²) in [6.45, 7) is 3.37. The first-order valence-corrected chi connectivity index (χ1v) is 7.15. The summed E-state index contributed by atoms with van der Waals surface area (Å²) in [5.74, 6) is 1.03. The molecule has 1 heteroatoms. The molecule has 1 fully saturated rings. The first-order chi connectivity index (χ1) is 8.31. The van der Waals surface area contributed by atoms with Gasteiger partial charge in [0.25, 0.3) is 0 Å². The summed E-state index contributed by atoms with van der Waals surface area (Å²) in [5, 5.41) is 3.66. The van der Waals surface area contributed by atoms with E-state index in [1.807, 2.05) is 0 Å². The van der Waals surface area contributed by atoms with Gasteiger partial charge >= 0.3 is 0 Å². The lowest BCUT2D eigenvalue weighted by Gasteiger charge is -2.13. The van der Waals surface area contributed by atoms with Gasteiger partial charge in [-0.25, -0.2) is 0 Å². The van der Waals surface area contributed by atoms with Crippen LogP contribution in [0.15, 0.2) is 18.2 Å². The predicted octanol–water partition coefficient (Wildman–Crippen LogP) is 3.45. The van der Waals surface area contributed by atoms with Crippen LogP contribution in [0, 0.1) is 5.92 Å². The van der Waals surface area contributed by atoms with E-state index in [9.17, 15) is 0 Å². The highest BCUT2D eigenvalue weighted by Crippen LogP contribution is 2.33. The summed E-state index contributed by atoms with van der Waals surface area (Å²) in [4.78, 5) is 0. The molecule has 1 aromatic carbocycles. The van der Waals surface area contributed by atoms with Crippen LogP contribution < -0.4 is 5.32 Å². The SMILES string of the molecule is CC(CC1CC1)NCc1ccc2c(c1)CCC2. The van der Waals surface area contributed by atoms with Crippen LogP contribution in [0.3, 0.4) is 0 Å². The van der Waals surface area contributed by atoms with E-state index >= 15 is 0 Å². The Kier molecular flexibility index (Phi) is 3.19. The summed E-state index contributed by atoms with van der Waals surface area (Å²) in [6, 6.07) is 7.74. The van der Waals surface area contributed by atoms with Crippen molar-refractivity contribution in [2.75, 3.05) is 0 Å². The Morgan fingerprint density at radius 1 is 1.24 bits per heavy atom. The van der Waals surface area contributed by atoms with Gasteiger partial charge in [0.2, 0.25) is 0 Å². The van der Waals surface area contributed by atoms with Gasteiger partial charge in [0.15, 0.2) is 0 Å². The van der Waals surface area contributed by atoms with Gasteiger partial charge in [0.1, 0.15) is 0 Å². The lowest BCUT2D eigenvalue weighted by Crippen LogP contribution is -2.25. The summed E-state index contributed by atoms with van der Waals surface area (Å²) in [6.07, 6.45) is 8.23. The Balaban J connectivity index is 1.53. The van der Waals surface area contributed by atoms with Crippen molar-refractivity contribution in [2.24, 2.45) is 5.92 Å². The summed E-state index contributed by atoms with van der Waals surface area (Å²) in [7, 11) is 0. The number of hydrogen-bond acceptors (Lipinski definition) is 1. The van der Waals surface area contributed by atoms with Gasteiger partial charge in [-0.1, -0.05) is 31.0 Å². The molecule has 1 N–H and O–H groups in total. The Morgan fingerprint density at radius 2 is 2.06 bits per heavy atom. The van der Waals surface area contributed by atoms with E-state index in [0.717, 1.165) is 12.5 Å². The van der Waals surface area contributed by atoms with Crippen molar-refractivity contribution in [3.05, 3.63) is 34.9 Å². The van der Waals surface area contributed by atoms with Crippen LogP contribution in [-0.4, -0.2) is 6.04 Å². The van der Waals surface area contributed by atoms with Crippen LogP contribution in [0.5, 0.6) is 0 Å². The second kappa shape index (κ2) is 4.81. The van der Waals surface area contributed by atoms with E-state index in [-0.39, 0.29) is 0 Å². The summed E-state index contributed by atoms with van der Waals surface area (Å²) >= 11 is 0. The lowest BCUT2D eigenvalue weighted by atomic mass is 10.1. The van der Waals surface area contributed by atoms with Crippen molar-refractivity contribution >= 4 is 0 Å². The molecule has 0 amide bonds. The average molecular weight is 229 g/mol. The highest BCUT2D eigenvalue weighted by Gasteiger charge is 2.23. The molecule has 92 valence electrons. The number of aryl methyl sites for hydroxylation is 2. The number of nitrogens with one attached hydrogen (secondary N) is 1. The Hall–Kier alpha value is -0.820. The highest BCUT2D eigenvalue weighted by atomic mass is 14.9. The average Bonchev–Trinajstić information content (AvgIpc) is 3.01. The van der Waals surface area contributed by atoms with Crippen LogP contribution in [0.1, 0.15) is 49.3 Å². The van der Waals surface area contributed by atoms with Gasteiger partial charge in [-0.3, -0.25) is 0 Å². The van der Waals surface area contributed by atoms with Gasteiger partial charge in [-0.2, -0.15) is 0 Å². The van der Waals surface area contributed by atoms with E-state index < -0.39 is 0 Å². The molecule has 1 aromatic rings. The third-order valence-electron chi connectivity index (χ3n) is 4.20. The van der Waals surface area contributed by atoms with E-state index in [4.69, 9.17) is 0 Å². The first-order valence-electron chi connectivity index (χ1n) is 7.15. The number of benzene rings is 1. The molecule has 0 aromatic heterocycles. The fraction of sp³-hybridized carbons (Fsp3) is 0.625. The lowest BCUT2D eigenvalue weighted by molar-refractivity contribution is 0.487. The summed E-state index contributed by atoms with van der Waals surface area (Å²) in [5.41, 5.74) is 4.65. The molecule has 0 radical (unpaired) electrons. The molecule has 3 rings (SSSR count). The topological polar surface area (TPSA) is 12.0 Å². The molecule has 17 heavy (non-hydrogen) atoms. The maximum Gasteiger partial charge on any atom is 0.0208 e. The molecule has 2 aliphatic rings. The molecule has 0 bridgehead atoms. The van der Waals surface area contributed by atoms with Crippen molar-refractivity contribution in [3.8, 4) is 0 Å². The normalized spacial score (nSPS) is 20.3. The zero-order valence-corrected chi connectivity index (χ0v) is 10.8. The Labute approximate surface area is 105 Å². The maximum absolute atomic E-state index is 3.66. The molecule has 2 aliphatic carbocycles. The number of hydrogen-bond donors (Lipinski definition) is 1. The highest BCUT2D eigenvalue weighted by molar-refractivity contribution is 5.35. The minimum Gasteiger partial charge on any atom is -0.310 e. The van der Waals surface area contributed by atoms with Gasteiger partial charge < -0.3 is 5.32 Å². The van der Waals surface area contributed by atoms with Gasteiger partial charge in [0.05, 0.1) is 0 Å². The zero-order valence-electron chi connectivity index (χ0n) is 10.8. The molecule has 1 nitrogen and oxygen atoms in total. The molecule has 0 heterocycles. The van der Waals surface area contributed by atoms with Crippen LogP contribution in [-0.2, 0) is 19.4 Å². The van der Waals surface area contributed by atoms with Crippen molar-refractivity contribution in [1.82, 2.24) is 5.32 Å². The predicted molar refractivity (Wildman–Crippen MR) is 72.1 cm³/mol. The van der Waals surface area contributed by atoms with E-state index in [0.29, 0.717) is 6.04 Å². The molecule has 0 spiro atoms. The minimum absolute atomic E-state index is 0.677. The monoisotopic (exact) mass is 229 g/mol. The fourth-order valence-corrected chi connectivity index (χ4v) is 2.96. The third kappa shape index (κ3) is 2.90. The van der Waals surface area contributed by atoms with Crippen LogP contribution >= 0.6 is 0 Å². The van der Waals surface area contributed by atoms with E-state index in [1.165, 1.54) is 44.1 Å². The van der Waals surface area contributed by atoms with Crippen LogP contribution in [0.25, 0.3) is 0 Å². The van der Waals surface area contributed by atoms with Crippen LogP contribution in [0.2, 0.25) is 0 Å². The van der Waals surface area contributed by atoms with Gasteiger partial charge in [-0.05, 0) is 55.2 Å². The van der Waals surface area contributed by atoms with Gasteiger partial charge in [0, 0.05) is 12.6 Å². The van der Waals surface area contributed by atoms with Crippen LogP contribution in [0.4, 0.5) is 0 Å². The Morgan fingerprint density at radius 3 is 2.88 bits per heavy atom. The molecule has 1 unspecified atom stereocenters. The van der Waals surface area contributed by atoms with E-state index in [2.05, 4.69) is 30.4 Å². The third-order valence-corrected chi connectivity index (χ3v) is 4.20. The smallest absolute Gasteiger partial charge is 0.0208 e. The first kappa shape index (κ1) is 11.3. The molecule has 0 aliphatic heterocycles. The molecular weight excluding hydrogens is 206 g/mol. The maximum atomic E-state index is 3.66. The molecule has 1 atom stereocenters. The second-order valence-electron chi connectivity index (χ2n) is 5.92. The molecular formula is C16H23N. The Bertz CT molecular complexity index is 393. The quantitative estimate of drug-likeness (QED) is 0.815. The standard InChI is InChI=1S/C16H23N/c1-12(9-13-5-6-13)17-11-14-7-8-15-3-2-4-16(15)10-14/h7-8,10,12-13,17H,2-6,9,11H2,1H3. The zero-order chi connectivity index (χ0) is 11.7. The van der Waals surface area contributed by atoms with Gasteiger partial charge in [-0.15, -0.1) is 0 Å². The van der Waals surface area contributed by atoms with Crippen molar-refractivity contribution in [3.63, 3.8) is 0 Å². The number of fused-ring (bicyclic) bond motifs is 1. The summed E-state index contributed by atoms with van der Waals surface area (Å²) < 4.78 is 0. The van der Waals surface area contributed by atoms with Crippen molar-refractivity contribution < 1.29 is 0 Å². The fourth-order valence-electron chi connectivity index (χ4n) is 2.96. The van der Waals surface area contributed by atoms with E-state index in [1.54, 1.807) is 11.1 Å². The second-order valence-corrected chi connectivity index (χ2v) is 5.92.